The molecule has 9 heteroatoms. The standard InChI is InChI=1S/C22H22N4O5/c27-19(15-3-8-23-9-4-15)24-25-20(28)16-1-2-17-18(13-16)22(30)26(21(17)29)10-5-14-6-11-31-12-7-14/h1-4,8-9,13-14,29-30H,5-7,10-12H2. The molecule has 0 atom stereocenters. The van der Waals surface area contributed by atoms with Crippen molar-refractivity contribution in [2.45, 2.75) is 25.8 Å². The summed E-state index contributed by atoms with van der Waals surface area (Å²) in [5.41, 5.74) is 0.418. The van der Waals surface area contributed by atoms with Gasteiger partial charge in [0.15, 0.2) is 0 Å². The second-order valence-corrected chi connectivity index (χ2v) is 7.45. The molecule has 0 unspecified atom stereocenters. The van der Waals surface area contributed by atoms with E-state index in [4.69, 9.17) is 4.74 Å². The third-order valence-corrected chi connectivity index (χ3v) is 5.52. The average molecular weight is 422 g/mol. The van der Waals surface area contributed by atoms with Gasteiger partial charge in [-0.3, -0.25) is 19.1 Å². The monoisotopic (exact) mass is 422 g/mol. The molecule has 1 aromatic carbocycles. The van der Waals surface area contributed by atoms with Gasteiger partial charge in [-0.15, -0.1) is 10.2 Å². The van der Waals surface area contributed by atoms with E-state index in [-0.39, 0.29) is 22.9 Å². The van der Waals surface area contributed by atoms with E-state index in [0.717, 1.165) is 32.5 Å². The molecular weight excluding hydrogens is 400 g/mol. The highest BCUT2D eigenvalue weighted by atomic mass is 16.5. The summed E-state index contributed by atoms with van der Waals surface area (Å²) >= 11 is 0. The molecule has 2 aromatic heterocycles. The van der Waals surface area contributed by atoms with Crippen LogP contribution in [0.25, 0.3) is 10.8 Å². The van der Waals surface area contributed by atoms with Crippen molar-refractivity contribution in [1.29, 1.82) is 0 Å². The van der Waals surface area contributed by atoms with E-state index in [1.54, 1.807) is 6.07 Å². The first-order chi connectivity index (χ1) is 15.0. The van der Waals surface area contributed by atoms with Gasteiger partial charge >= 0.3 is 0 Å². The van der Waals surface area contributed by atoms with Crippen molar-refractivity contribution >= 4 is 22.6 Å². The van der Waals surface area contributed by atoms with Crippen LogP contribution in [0.5, 0.6) is 11.8 Å². The molecule has 31 heavy (non-hydrogen) atoms. The molecule has 9 nitrogen and oxygen atoms in total. The number of aromatic nitrogens is 2. The minimum Gasteiger partial charge on any atom is -0.494 e. The third kappa shape index (κ3) is 4.46. The van der Waals surface area contributed by atoms with Gasteiger partial charge < -0.3 is 14.9 Å². The van der Waals surface area contributed by atoms with Crippen LogP contribution in [0.15, 0.2) is 53.0 Å². The Morgan fingerprint density at radius 2 is 1.61 bits per heavy atom. The smallest absolute Gasteiger partial charge is 0.295 e. The summed E-state index contributed by atoms with van der Waals surface area (Å²) in [6, 6.07) is 7.41. The fourth-order valence-electron chi connectivity index (χ4n) is 3.71. The molecule has 3 heterocycles. The van der Waals surface area contributed by atoms with E-state index in [2.05, 4.69) is 15.2 Å². The van der Waals surface area contributed by atoms with Crippen molar-refractivity contribution in [3.8, 4) is 11.8 Å². The number of azo groups is 1. The molecule has 1 aliphatic rings. The van der Waals surface area contributed by atoms with Gasteiger partial charge in [-0.25, -0.2) is 0 Å². The van der Waals surface area contributed by atoms with E-state index in [0.29, 0.717) is 23.2 Å². The lowest BCUT2D eigenvalue weighted by Crippen LogP contribution is -2.17. The van der Waals surface area contributed by atoms with Crippen LogP contribution in [0.4, 0.5) is 0 Å². The summed E-state index contributed by atoms with van der Waals surface area (Å²) in [6.45, 7) is 1.93. The van der Waals surface area contributed by atoms with Crippen LogP contribution in [0, 0.1) is 5.92 Å². The third-order valence-electron chi connectivity index (χ3n) is 5.52. The Kier molecular flexibility index (Phi) is 6.03. The molecule has 160 valence electrons. The van der Waals surface area contributed by atoms with Crippen LogP contribution in [0.3, 0.4) is 0 Å². The lowest BCUT2D eigenvalue weighted by molar-refractivity contribution is 0.0623. The summed E-state index contributed by atoms with van der Waals surface area (Å²) in [7, 11) is 0. The van der Waals surface area contributed by atoms with Gasteiger partial charge in [0.05, 0.1) is 0 Å². The summed E-state index contributed by atoms with van der Waals surface area (Å²) < 4.78 is 6.81. The highest BCUT2D eigenvalue weighted by molar-refractivity contribution is 6.03. The molecule has 0 aliphatic carbocycles. The molecule has 3 aromatic rings. The first-order valence-corrected chi connectivity index (χ1v) is 10.1. The number of nitrogens with zero attached hydrogens (tertiary/aromatic N) is 4. The second kappa shape index (κ2) is 9.05. The number of hydrogen-bond donors (Lipinski definition) is 2. The van der Waals surface area contributed by atoms with E-state index in [1.807, 2.05) is 0 Å². The summed E-state index contributed by atoms with van der Waals surface area (Å²) in [5.74, 6) is -1.06. The topological polar surface area (TPSA) is 126 Å². The Morgan fingerprint density at radius 1 is 0.968 bits per heavy atom. The molecule has 0 bridgehead atoms. The lowest BCUT2D eigenvalue weighted by Gasteiger charge is -2.22. The number of benzene rings is 1. The fourth-order valence-corrected chi connectivity index (χ4v) is 3.71. The van der Waals surface area contributed by atoms with Crippen molar-refractivity contribution in [3.63, 3.8) is 0 Å². The number of aromatic hydroxyl groups is 2. The first-order valence-electron chi connectivity index (χ1n) is 10.1. The van der Waals surface area contributed by atoms with Gasteiger partial charge in [-0.05, 0) is 55.5 Å². The van der Waals surface area contributed by atoms with Gasteiger partial charge in [0.2, 0.25) is 11.8 Å². The number of hydrogen-bond acceptors (Lipinski definition) is 6. The Morgan fingerprint density at radius 3 is 2.32 bits per heavy atom. The largest absolute Gasteiger partial charge is 0.494 e. The first kappa shape index (κ1) is 20.7. The van der Waals surface area contributed by atoms with E-state index in [9.17, 15) is 19.8 Å². The summed E-state index contributed by atoms with van der Waals surface area (Å²) in [5, 5.41) is 28.9. The molecular formula is C22H22N4O5. The van der Waals surface area contributed by atoms with Crippen molar-refractivity contribution in [2.75, 3.05) is 13.2 Å². The Labute approximate surface area is 178 Å². The number of amides is 2. The van der Waals surface area contributed by atoms with Crippen molar-refractivity contribution < 1.29 is 24.5 Å². The zero-order valence-corrected chi connectivity index (χ0v) is 16.8. The molecule has 1 aliphatic heterocycles. The second-order valence-electron chi connectivity index (χ2n) is 7.45. The highest BCUT2D eigenvalue weighted by Gasteiger charge is 2.20. The molecule has 2 amide bonds. The highest BCUT2D eigenvalue weighted by Crippen LogP contribution is 2.37. The zero-order valence-electron chi connectivity index (χ0n) is 16.8. The fraction of sp³-hybridized carbons (Fsp3) is 0.318. The molecule has 4 rings (SSSR count). The number of carbonyl (C=O) groups excluding carboxylic acids is 2. The van der Waals surface area contributed by atoms with Crippen LogP contribution in [0.2, 0.25) is 0 Å². The van der Waals surface area contributed by atoms with Crippen molar-refractivity contribution in [1.82, 2.24) is 9.55 Å². The maximum Gasteiger partial charge on any atom is 0.295 e. The Hall–Kier alpha value is -3.59. The van der Waals surface area contributed by atoms with Gasteiger partial charge in [-0.1, -0.05) is 0 Å². The predicted octanol–water partition coefficient (Wildman–Crippen LogP) is 3.70. The molecule has 0 saturated carbocycles. The SMILES string of the molecule is O=C(N=NC(=O)c1ccc2c(O)n(CCC3CCOCC3)c(O)c2c1)c1ccncc1. The quantitative estimate of drug-likeness (QED) is 0.604. The lowest BCUT2D eigenvalue weighted by atomic mass is 9.97. The van der Waals surface area contributed by atoms with Crippen LogP contribution in [-0.4, -0.2) is 44.8 Å². The molecule has 0 radical (unpaired) electrons. The Balaban J connectivity index is 1.52. The van der Waals surface area contributed by atoms with Crippen molar-refractivity contribution in [3.05, 3.63) is 53.9 Å². The number of pyridine rings is 1. The van der Waals surface area contributed by atoms with Gasteiger partial charge in [0.25, 0.3) is 11.8 Å². The Bertz CT molecular complexity index is 1130. The number of rotatable bonds is 5. The van der Waals surface area contributed by atoms with Crippen LogP contribution < -0.4 is 0 Å². The van der Waals surface area contributed by atoms with Gasteiger partial charge in [-0.2, -0.15) is 0 Å². The van der Waals surface area contributed by atoms with Crippen molar-refractivity contribution in [2.24, 2.45) is 16.1 Å². The average Bonchev–Trinajstić information content (AvgIpc) is 3.06. The summed E-state index contributed by atoms with van der Waals surface area (Å²) in [4.78, 5) is 28.2. The molecule has 2 N–H and O–H groups in total. The van der Waals surface area contributed by atoms with Crippen LogP contribution >= 0.6 is 0 Å². The maximum absolute atomic E-state index is 12.4. The molecule has 1 fully saturated rings. The molecule has 1 saturated heterocycles. The summed E-state index contributed by atoms with van der Waals surface area (Å²) in [6.07, 6.45) is 5.62. The number of ether oxygens (including phenoxy) is 1. The van der Waals surface area contributed by atoms with Crippen LogP contribution in [-0.2, 0) is 11.3 Å². The van der Waals surface area contributed by atoms with E-state index >= 15 is 0 Å². The van der Waals surface area contributed by atoms with E-state index < -0.39 is 11.8 Å². The minimum atomic E-state index is -0.724. The zero-order chi connectivity index (χ0) is 21.8. The van der Waals surface area contributed by atoms with Gasteiger partial charge in [0.1, 0.15) is 0 Å². The van der Waals surface area contributed by atoms with E-state index in [1.165, 1.54) is 41.2 Å². The maximum atomic E-state index is 12.4. The number of carbonyl (C=O) groups is 2. The van der Waals surface area contributed by atoms with Gasteiger partial charge in [0, 0.05) is 54.1 Å². The normalized spacial score (nSPS) is 15.0. The molecule has 0 spiro atoms. The number of fused-ring (bicyclic) bond motifs is 1. The minimum absolute atomic E-state index is 0.0481. The van der Waals surface area contributed by atoms with Crippen LogP contribution in [0.1, 0.15) is 40.0 Å². The predicted molar refractivity (Wildman–Crippen MR) is 111 cm³/mol.